The Morgan fingerprint density at radius 3 is 1.75 bits per heavy atom. The third-order valence-corrected chi connectivity index (χ3v) is 9.33. The number of nitrogens with one attached hydrogen (secondary N) is 5. The van der Waals surface area contributed by atoms with Gasteiger partial charge in [0, 0.05) is 0 Å². The van der Waals surface area contributed by atoms with E-state index in [9.17, 15) is 39.0 Å². The molecule has 0 radical (unpaired) electrons. The Morgan fingerprint density at radius 1 is 0.679 bits per heavy atom. The molecule has 14 nitrogen and oxygen atoms in total. The third kappa shape index (κ3) is 18.4. The van der Waals surface area contributed by atoms with E-state index in [4.69, 9.17) is 4.74 Å². The lowest BCUT2D eigenvalue weighted by atomic mass is 9.97. The summed E-state index contributed by atoms with van der Waals surface area (Å²) < 4.78 is 5.97. The van der Waals surface area contributed by atoms with Crippen LogP contribution < -0.4 is 26.6 Å². The average molecular weight is 752 g/mol. The maximum Gasteiger partial charge on any atom is 0.329 e. The van der Waals surface area contributed by atoms with Crippen LogP contribution in [0, 0.1) is 17.8 Å². The van der Waals surface area contributed by atoms with Gasteiger partial charge in [-0.2, -0.15) is 0 Å². The second-order valence-corrected chi connectivity index (χ2v) is 15.3. The molecular formula is C39H69N5O9. The highest BCUT2D eigenvalue weighted by molar-refractivity contribution is 5.96. The number of hydrogen-bond acceptors (Lipinski definition) is 9. The zero-order chi connectivity index (χ0) is 40.1. The van der Waals surface area contributed by atoms with Crippen molar-refractivity contribution in [1.29, 1.82) is 0 Å². The number of cyclic esters (lactones) is 1. The SMILES string of the molecule is CCCCCC/C=C\CCCC1CC(=O)N[C@H](CC(C)C)C(=O)NC(CO)C(=O)N[C@@H]([C@@H](C)O)C(=O)N[C@H](CC(C)C)C(=O)NC([C@@H](C)CC)C(=O)O1. The molecule has 1 fully saturated rings. The molecule has 5 amide bonds. The van der Waals surface area contributed by atoms with Crippen LogP contribution in [-0.2, 0) is 33.5 Å². The first kappa shape index (κ1) is 47.5. The lowest BCUT2D eigenvalue weighted by Crippen LogP contribution is -2.62. The van der Waals surface area contributed by atoms with E-state index >= 15 is 0 Å². The highest BCUT2D eigenvalue weighted by Crippen LogP contribution is 2.18. The highest BCUT2D eigenvalue weighted by atomic mass is 16.5. The molecular weight excluding hydrogens is 682 g/mol. The zero-order valence-electron chi connectivity index (χ0n) is 33.4. The predicted molar refractivity (Wildman–Crippen MR) is 203 cm³/mol. The monoisotopic (exact) mass is 752 g/mol. The average Bonchev–Trinajstić information content (AvgIpc) is 3.08. The lowest BCUT2D eigenvalue weighted by molar-refractivity contribution is -0.156. The Labute approximate surface area is 316 Å². The number of rotatable bonds is 17. The van der Waals surface area contributed by atoms with Crippen LogP contribution in [0.4, 0.5) is 0 Å². The van der Waals surface area contributed by atoms with Gasteiger partial charge in [0.2, 0.25) is 29.5 Å². The van der Waals surface area contributed by atoms with Gasteiger partial charge in [-0.15, -0.1) is 0 Å². The first-order valence-corrected chi connectivity index (χ1v) is 19.7. The fourth-order valence-electron chi connectivity index (χ4n) is 6.00. The van der Waals surface area contributed by atoms with E-state index in [0.29, 0.717) is 25.7 Å². The molecule has 0 aromatic heterocycles. The molecule has 14 heteroatoms. The molecule has 1 aliphatic heterocycles. The van der Waals surface area contributed by atoms with E-state index in [0.717, 1.165) is 12.8 Å². The Balaban J connectivity index is 3.56. The van der Waals surface area contributed by atoms with Gasteiger partial charge >= 0.3 is 5.97 Å². The summed E-state index contributed by atoms with van der Waals surface area (Å²) in [5, 5.41) is 33.5. The normalized spacial score (nSPS) is 25.7. The highest BCUT2D eigenvalue weighted by Gasteiger charge is 2.37. The van der Waals surface area contributed by atoms with Gasteiger partial charge in [0.15, 0.2) is 0 Å². The van der Waals surface area contributed by atoms with Crippen LogP contribution in [-0.4, -0.2) is 94.7 Å². The fraction of sp³-hybridized carbons (Fsp3) is 0.795. The Hall–Kier alpha value is -3.52. The fourth-order valence-corrected chi connectivity index (χ4v) is 6.00. The quantitative estimate of drug-likeness (QED) is 0.0661. The van der Waals surface area contributed by atoms with Crippen molar-refractivity contribution in [2.75, 3.05) is 6.61 Å². The van der Waals surface area contributed by atoms with Gasteiger partial charge in [-0.1, -0.05) is 86.3 Å². The smallest absolute Gasteiger partial charge is 0.329 e. The first-order chi connectivity index (χ1) is 25.0. The number of esters is 1. The molecule has 1 aliphatic rings. The number of hydrogen-bond donors (Lipinski definition) is 7. The zero-order valence-corrected chi connectivity index (χ0v) is 33.4. The van der Waals surface area contributed by atoms with Crippen LogP contribution in [0.5, 0.6) is 0 Å². The van der Waals surface area contributed by atoms with Crippen molar-refractivity contribution >= 4 is 35.5 Å². The van der Waals surface area contributed by atoms with Gasteiger partial charge in [-0.3, -0.25) is 24.0 Å². The van der Waals surface area contributed by atoms with Crippen molar-refractivity contribution in [2.45, 2.75) is 175 Å². The molecule has 0 aliphatic carbocycles. The number of aliphatic hydroxyl groups excluding tert-OH is 2. The molecule has 0 aromatic carbocycles. The second kappa shape index (κ2) is 25.5. The minimum atomic E-state index is -1.56. The summed E-state index contributed by atoms with van der Waals surface area (Å²) in [6.45, 7) is 13.7. The Bertz CT molecular complexity index is 1190. The molecule has 304 valence electrons. The predicted octanol–water partition coefficient (Wildman–Crippen LogP) is 2.93. The number of carbonyl (C=O) groups excluding carboxylic acids is 6. The third-order valence-electron chi connectivity index (χ3n) is 9.33. The van der Waals surface area contributed by atoms with Gasteiger partial charge in [-0.25, -0.2) is 4.79 Å². The topological polar surface area (TPSA) is 212 Å². The molecule has 8 atom stereocenters. The van der Waals surface area contributed by atoms with Crippen LogP contribution in [0.3, 0.4) is 0 Å². The molecule has 1 saturated heterocycles. The molecule has 0 aromatic rings. The second-order valence-electron chi connectivity index (χ2n) is 15.3. The number of unbranched alkanes of at least 4 members (excludes halogenated alkanes) is 5. The van der Waals surface area contributed by atoms with E-state index in [1.165, 1.54) is 26.2 Å². The van der Waals surface area contributed by atoms with Crippen LogP contribution >= 0.6 is 0 Å². The summed E-state index contributed by atoms with van der Waals surface area (Å²) in [5.74, 6) is -5.01. The van der Waals surface area contributed by atoms with Crippen LogP contribution in [0.1, 0.15) is 132 Å². The van der Waals surface area contributed by atoms with Gasteiger partial charge in [0.25, 0.3) is 0 Å². The Morgan fingerprint density at radius 2 is 1.21 bits per heavy atom. The largest absolute Gasteiger partial charge is 0.460 e. The number of carbonyl (C=O) groups is 6. The van der Waals surface area contributed by atoms with Crippen molar-refractivity contribution < 1.29 is 43.7 Å². The number of aliphatic hydroxyl groups is 2. The van der Waals surface area contributed by atoms with Crippen molar-refractivity contribution in [3.63, 3.8) is 0 Å². The van der Waals surface area contributed by atoms with E-state index in [1.807, 2.05) is 34.6 Å². The molecule has 1 heterocycles. The number of amides is 5. The molecule has 53 heavy (non-hydrogen) atoms. The van der Waals surface area contributed by atoms with Crippen LogP contribution in [0.2, 0.25) is 0 Å². The summed E-state index contributed by atoms with van der Waals surface area (Å²) in [6.07, 6.45) is 9.86. The first-order valence-electron chi connectivity index (χ1n) is 19.7. The molecule has 3 unspecified atom stereocenters. The van der Waals surface area contributed by atoms with E-state index in [-0.39, 0.29) is 37.0 Å². The van der Waals surface area contributed by atoms with E-state index < -0.39 is 84.5 Å². The summed E-state index contributed by atoms with van der Waals surface area (Å²) in [6, 6.07) is -6.44. The summed E-state index contributed by atoms with van der Waals surface area (Å²) >= 11 is 0. The van der Waals surface area contributed by atoms with Crippen LogP contribution in [0.25, 0.3) is 0 Å². The minimum Gasteiger partial charge on any atom is -0.460 e. The van der Waals surface area contributed by atoms with Crippen molar-refractivity contribution in [1.82, 2.24) is 26.6 Å². The number of ether oxygens (including phenoxy) is 1. The molecule has 0 saturated carbocycles. The standard InChI is InChI=1S/C39H69N5O9/c1-9-11-12-13-14-15-16-17-18-19-28-22-32(47)40-29(20-24(3)4)35(48)42-31(23-45)37(50)44-34(27(8)46)38(51)41-30(21-25(5)6)36(49)43-33(26(7)10-2)39(52)53-28/h15-16,24-31,33-34,45-46H,9-14,17-23H2,1-8H3,(H,40,47)(H,41,51)(H,42,48)(H,43,49)(H,44,50)/b16-15-/t26-,27+,28?,29+,30+,31?,33?,34-/m0/s1. The molecule has 1 rings (SSSR count). The summed E-state index contributed by atoms with van der Waals surface area (Å²) in [4.78, 5) is 81.3. The van der Waals surface area contributed by atoms with E-state index in [2.05, 4.69) is 45.7 Å². The number of allylic oxidation sites excluding steroid dienone is 2. The maximum atomic E-state index is 13.8. The van der Waals surface area contributed by atoms with Gasteiger partial charge in [0.1, 0.15) is 36.3 Å². The van der Waals surface area contributed by atoms with Gasteiger partial charge < -0.3 is 41.5 Å². The van der Waals surface area contributed by atoms with Crippen LogP contribution in [0.15, 0.2) is 12.2 Å². The van der Waals surface area contributed by atoms with E-state index in [1.54, 1.807) is 6.92 Å². The van der Waals surface area contributed by atoms with Crippen molar-refractivity contribution in [3.05, 3.63) is 12.2 Å². The van der Waals surface area contributed by atoms with Gasteiger partial charge in [-0.05, 0) is 69.6 Å². The van der Waals surface area contributed by atoms with Gasteiger partial charge in [0.05, 0.1) is 19.1 Å². The maximum absolute atomic E-state index is 13.8. The molecule has 0 bridgehead atoms. The lowest BCUT2D eigenvalue weighted by Gasteiger charge is -2.29. The molecule has 0 spiro atoms. The van der Waals surface area contributed by atoms with Crippen molar-refractivity contribution in [3.8, 4) is 0 Å². The minimum absolute atomic E-state index is 0.0570. The summed E-state index contributed by atoms with van der Waals surface area (Å²) in [7, 11) is 0. The summed E-state index contributed by atoms with van der Waals surface area (Å²) in [5.41, 5.74) is 0. The Kier molecular flexibility index (Phi) is 22.8. The van der Waals surface area contributed by atoms with Crippen molar-refractivity contribution in [2.24, 2.45) is 17.8 Å². The molecule has 7 N–H and O–H groups in total.